The van der Waals surface area contributed by atoms with E-state index >= 15 is 0 Å². The van der Waals surface area contributed by atoms with Gasteiger partial charge in [0.25, 0.3) is 0 Å². The Morgan fingerprint density at radius 2 is 2.05 bits per heavy atom. The molecule has 208 valence electrons. The Kier molecular flexibility index (Phi) is 7.21. The molecule has 0 unspecified atom stereocenters. The fourth-order valence-electron chi connectivity index (χ4n) is 4.95. The largest absolute Gasteiger partial charge is 0.490 e. The summed E-state index contributed by atoms with van der Waals surface area (Å²) in [6.45, 7) is 5.28. The average Bonchev–Trinajstić information content (AvgIpc) is 3.62. The minimum absolute atomic E-state index is 0.0415. The molecule has 2 N–H and O–H groups in total. The van der Waals surface area contributed by atoms with Crippen LogP contribution in [0.3, 0.4) is 0 Å². The highest BCUT2D eigenvalue weighted by Gasteiger charge is 2.32. The number of nitrogen functional groups attached to an aromatic ring is 1. The Morgan fingerprint density at radius 3 is 2.83 bits per heavy atom. The summed E-state index contributed by atoms with van der Waals surface area (Å²) < 4.78 is 28.4. The molecule has 0 saturated carbocycles. The van der Waals surface area contributed by atoms with Crippen LogP contribution < -0.4 is 10.5 Å². The summed E-state index contributed by atoms with van der Waals surface area (Å²) >= 11 is 1.57. The zero-order chi connectivity index (χ0) is 28.5. The predicted octanol–water partition coefficient (Wildman–Crippen LogP) is 5.20. The quantitative estimate of drug-likeness (QED) is 0.192. The van der Waals surface area contributed by atoms with E-state index in [2.05, 4.69) is 16.7 Å². The lowest BCUT2D eigenvalue weighted by Gasteiger charge is -2.38. The number of thiophene rings is 1. The minimum atomic E-state index is -0.404. The van der Waals surface area contributed by atoms with Crippen LogP contribution in [0.2, 0.25) is 0 Å². The number of methoxy groups -OCH3 is 1. The SMILES string of the molecule is C=CC(=O)N1CC(n2cc(-c3nc(-c4ccnc(N)c4)c4ccsc4c3-c3ccc(F)cc3OCCOC)cn2)C1. The normalized spacial score (nSPS) is 13.4. The van der Waals surface area contributed by atoms with Crippen LogP contribution in [0.15, 0.2) is 73.0 Å². The molecule has 1 amide bonds. The molecule has 0 atom stereocenters. The number of hydrogen-bond acceptors (Lipinski definition) is 8. The summed E-state index contributed by atoms with van der Waals surface area (Å²) in [6, 6.07) is 10.2. The number of nitrogens with two attached hydrogens (primary N) is 1. The van der Waals surface area contributed by atoms with Gasteiger partial charge in [0, 0.05) is 71.0 Å². The van der Waals surface area contributed by atoms with Crippen LogP contribution in [0.1, 0.15) is 6.04 Å². The first-order valence-corrected chi connectivity index (χ1v) is 13.9. The first-order chi connectivity index (χ1) is 20.0. The van der Waals surface area contributed by atoms with Crippen LogP contribution in [0.25, 0.3) is 43.7 Å². The van der Waals surface area contributed by atoms with E-state index in [0.29, 0.717) is 42.5 Å². The Bertz CT molecular complexity index is 1760. The molecule has 1 saturated heterocycles. The molecule has 9 nitrogen and oxygen atoms in total. The zero-order valence-corrected chi connectivity index (χ0v) is 23.1. The molecule has 11 heteroatoms. The highest BCUT2D eigenvalue weighted by molar-refractivity contribution is 7.18. The van der Waals surface area contributed by atoms with Crippen molar-refractivity contribution in [1.29, 1.82) is 0 Å². The number of hydrogen-bond donors (Lipinski definition) is 1. The van der Waals surface area contributed by atoms with Gasteiger partial charge in [0.15, 0.2) is 0 Å². The third-order valence-corrected chi connectivity index (χ3v) is 7.95. The lowest BCUT2D eigenvalue weighted by molar-refractivity contribution is -0.131. The Labute approximate surface area is 239 Å². The van der Waals surface area contributed by atoms with Crippen LogP contribution >= 0.6 is 11.3 Å². The van der Waals surface area contributed by atoms with Crippen molar-refractivity contribution in [2.75, 3.05) is 39.1 Å². The molecule has 0 spiro atoms. The van der Waals surface area contributed by atoms with Crippen molar-refractivity contribution in [2.24, 2.45) is 0 Å². The van der Waals surface area contributed by atoms with E-state index in [-0.39, 0.29) is 18.6 Å². The number of fused-ring (bicyclic) bond motifs is 1. The summed E-state index contributed by atoms with van der Waals surface area (Å²) in [5.74, 6) is 0.283. The third-order valence-electron chi connectivity index (χ3n) is 7.02. The maximum absolute atomic E-state index is 14.4. The van der Waals surface area contributed by atoms with Gasteiger partial charge in [-0.25, -0.2) is 14.4 Å². The Morgan fingerprint density at radius 1 is 1.20 bits per heavy atom. The van der Waals surface area contributed by atoms with Gasteiger partial charge in [0.05, 0.1) is 30.2 Å². The predicted molar refractivity (Wildman–Crippen MR) is 157 cm³/mol. The van der Waals surface area contributed by atoms with Crippen LogP contribution in [0.4, 0.5) is 10.2 Å². The molecule has 41 heavy (non-hydrogen) atoms. The number of anilines is 1. The number of nitrogens with zero attached hydrogens (tertiary/aromatic N) is 5. The number of carbonyl (C=O) groups is 1. The van der Waals surface area contributed by atoms with Crippen molar-refractivity contribution < 1.29 is 18.7 Å². The number of likely N-dealkylation sites (tertiary alicyclic amines) is 1. The number of amides is 1. The summed E-state index contributed by atoms with van der Waals surface area (Å²) in [5, 5.41) is 7.56. The lowest BCUT2D eigenvalue weighted by Crippen LogP contribution is -2.50. The monoisotopic (exact) mass is 570 g/mol. The van der Waals surface area contributed by atoms with Gasteiger partial charge in [0.2, 0.25) is 5.91 Å². The molecular formula is C30H27FN6O3S. The highest BCUT2D eigenvalue weighted by atomic mass is 32.1. The number of halogens is 1. The second kappa shape index (κ2) is 11.1. The van der Waals surface area contributed by atoms with E-state index in [1.807, 2.05) is 28.4 Å². The van der Waals surface area contributed by atoms with Crippen molar-refractivity contribution in [2.45, 2.75) is 6.04 Å². The van der Waals surface area contributed by atoms with E-state index in [0.717, 1.165) is 32.5 Å². The third kappa shape index (κ3) is 5.05. The Hall–Kier alpha value is -4.61. The number of rotatable bonds is 9. The number of carbonyl (C=O) groups excluding carboxylic acids is 1. The molecular weight excluding hydrogens is 543 g/mol. The second-order valence-electron chi connectivity index (χ2n) is 9.61. The summed E-state index contributed by atoms with van der Waals surface area (Å²) in [6.07, 6.45) is 6.68. The van der Waals surface area contributed by atoms with Gasteiger partial charge >= 0.3 is 0 Å². The van der Waals surface area contributed by atoms with Gasteiger partial charge in [0.1, 0.15) is 24.0 Å². The van der Waals surface area contributed by atoms with Crippen LogP contribution in [-0.2, 0) is 9.53 Å². The van der Waals surface area contributed by atoms with Gasteiger partial charge in [-0.3, -0.25) is 9.48 Å². The second-order valence-corrected chi connectivity index (χ2v) is 10.5. The van der Waals surface area contributed by atoms with E-state index in [4.69, 9.17) is 20.2 Å². The number of ether oxygens (including phenoxy) is 2. The van der Waals surface area contributed by atoms with E-state index in [1.165, 1.54) is 18.2 Å². The minimum Gasteiger partial charge on any atom is -0.490 e. The molecule has 1 aliphatic heterocycles. The standard InChI is InChI=1S/C30H27FN6O3S/c1-3-26(38)36-16-21(17-36)37-15-19(14-34-37)29-27(22-5-4-20(31)13-24(22)40-10-9-39-2)30-23(7-11-41-30)28(35-29)18-6-8-33-25(32)12-18/h3-8,11-15,21H,1,9-10,16-17H2,2H3,(H2,32,33). The van der Waals surface area contributed by atoms with E-state index < -0.39 is 5.82 Å². The van der Waals surface area contributed by atoms with Gasteiger partial charge < -0.3 is 20.1 Å². The van der Waals surface area contributed by atoms with Gasteiger partial charge in [-0.2, -0.15) is 5.10 Å². The molecule has 6 rings (SSSR count). The summed E-state index contributed by atoms with van der Waals surface area (Å²) in [5.41, 5.74) is 10.6. The van der Waals surface area contributed by atoms with Gasteiger partial charge in [-0.15, -0.1) is 11.3 Å². The lowest BCUT2D eigenvalue weighted by atomic mass is 9.96. The average molecular weight is 571 g/mol. The maximum Gasteiger partial charge on any atom is 0.246 e. The molecule has 0 aliphatic carbocycles. The summed E-state index contributed by atoms with van der Waals surface area (Å²) in [4.78, 5) is 23.0. The van der Waals surface area contributed by atoms with Crippen LogP contribution in [0.5, 0.6) is 5.75 Å². The first-order valence-electron chi connectivity index (χ1n) is 13.0. The molecule has 0 radical (unpaired) electrons. The first kappa shape index (κ1) is 26.6. The number of aromatic nitrogens is 4. The fourth-order valence-corrected chi connectivity index (χ4v) is 5.90. The fraction of sp³-hybridized carbons (Fsp3) is 0.200. The molecule has 0 bridgehead atoms. The van der Waals surface area contributed by atoms with E-state index in [1.54, 1.807) is 47.9 Å². The summed E-state index contributed by atoms with van der Waals surface area (Å²) in [7, 11) is 1.59. The number of pyridine rings is 2. The number of benzene rings is 1. The zero-order valence-electron chi connectivity index (χ0n) is 22.3. The highest BCUT2D eigenvalue weighted by Crippen LogP contribution is 2.46. The van der Waals surface area contributed by atoms with Gasteiger partial charge in [-0.05, 0) is 41.8 Å². The van der Waals surface area contributed by atoms with E-state index in [9.17, 15) is 9.18 Å². The maximum atomic E-state index is 14.4. The Balaban J connectivity index is 1.53. The molecule has 5 heterocycles. The molecule has 5 aromatic rings. The van der Waals surface area contributed by atoms with Crippen molar-refractivity contribution >= 4 is 33.1 Å². The van der Waals surface area contributed by atoms with Crippen molar-refractivity contribution in [1.82, 2.24) is 24.6 Å². The van der Waals surface area contributed by atoms with Crippen LogP contribution in [-0.4, -0.2) is 64.0 Å². The van der Waals surface area contributed by atoms with Crippen LogP contribution in [0, 0.1) is 5.82 Å². The van der Waals surface area contributed by atoms with Gasteiger partial charge in [-0.1, -0.05) is 6.58 Å². The smallest absolute Gasteiger partial charge is 0.246 e. The van der Waals surface area contributed by atoms with Crippen molar-refractivity contribution in [3.63, 3.8) is 0 Å². The molecule has 4 aromatic heterocycles. The van der Waals surface area contributed by atoms with Crippen molar-refractivity contribution in [3.05, 3.63) is 78.8 Å². The topological polar surface area (TPSA) is 108 Å². The van der Waals surface area contributed by atoms with Crippen molar-refractivity contribution in [3.8, 4) is 39.4 Å². The molecule has 1 aromatic carbocycles. The molecule has 1 fully saturated rings. The molecule has 1 aliphatic rings.